The van der Waals surface area contributed by atoms with Crippen LogP contribution in [0.15, 0.2) is 28.0 Å². The van der Waals surface area contributed by atoms with Gasteiger partial charge in [-0.15, -0.1) is 0 Å². The Morgan fingerprint density at radius 1 is 1.00 bits per heavy atom. The molecule has 15 heavy (non-hydrogen) atoms. The zero-order valence-electron chi connectivity index (χ0n) is 6.88. The van der Waals surface area contributed by atoms with Crippen LogP contribution in [0.5, 0.6) is 5.75 Å². The van der Waals surface area contributed by atoms with E-state index in [-0.39, 0.29) is 0 Å². The third-order valence-corrected chi connectivity index (χ3v) is 4.20. The zero-order chi connectivity index (χ0) is 11.9. The van der Waals surface area contributed by atoms with Gasteiger partial charge in [-0.25, -0.2) is 16.8 Å². The summed E-state index contributed by atoms with van der Waals surface area (Å²) >= 11 is 0. The van der Waals surface area contributed by atoms with E-state index in [2.05, 4.69) is 0 Å². The molecule has 5 nitrogen and oxygen atoms in total. The second-order valence-corrected chi connectivity index (χ2v) is 7.61. The summed E-state index contributed by atoms with van der Waals surface area (Å²) in [6.07, 6.45) is 0. The fourth-order valence-electron chi connectivity index (χ4n) is 0.855. The van der Waals surface area contributed by atoms with Crippen molar-refractivity contribution < 1.29 is 21.9 Å². The van der Waals surface area contributed by atoms with Crippen LogP contribution in [0.1, 0.15) is 0 Å². The molecule has 84 valence electrons. The Balaban J connectivity index is 3.47. The highest BCUT2D eigenvalue weighted by molar-refractivity contribution is 8.14. The third-order valence-electron chi connectivity index (χ3n) is 1.47. The predicted molar refractivity (Wildman–Crippen MR) is 54.2 cm³/mol. The molecule has 0 aromatic heterocycles. The first-order chi connectivity index (χ1) is 6.62. The van der Waals surface area contributed by atoms with Crippen molar-refractivity contribution in [1.82, 2.24) is 0 Å². The SMILES string of the molecule is O=S(=O)(Cl)c1ccc(S(=O)(=O)Cl)c(O)c1. The van der Waals surface area contributed by atoms with E-state index in [1.807, 2.05) is 0 Å². The van der Waals surface area contributed by atoms with E-state index < -0.39 is 33.6 Å². The molecule has 0 saturated carbocycles. The molecular weight excluding hydrogens is 287 g/mol. The molecule has 9 heteroatoms. The van der Waals surface area contributed by atoms with E-state index in [9.17, 15) is 21.9 Å². The standard InChI is InChI=1S/C6H4Cl2O5S2/c7-14(10,11)4-1-2-6(5(9)3-4)15(8,12)13/h1-3,9H. The van der Waals surface area contributed by atoms with Crippen molar-refractivity contribution in [3.63, 3.8) is 0 Å². The monoisotopic (exact) mass is 290 g/mol. The van der Waals surface area contributed by atoms with Crippen LogP contribution in [0.4, 0.5) is 0 Å². The lowest BCUT2D eigenvalue weighted by Crippen LogP contribution is -1.95. The minimum absolute atomic E-state index is 0.411. The highest BCUT2D eigenvalue weighted by atomic mass is 35.7. The van der Waals surface area contributed by atoms with Crippen molar-refractivity contribution >= 4 is 39.5 Å². The summed E-state index contributed by atoms with van der Waals surface area (Å²) in [7, 11) is 1.81. The average Bonchev–Trinajstić information content (AvgIpc) is 1.99. The Hall–Kier alpha value is -0.500. The molecule has 1 aromatic rings. The largest absolute Gasteiger partial charge is 0.506 e. The first-order valence-corrected chi connectivity index (χ1v) is 7.96. The molecule has 0 aliphatic rings. The normalized spacial score (nSPS) is 12.7. The number of hydrogen-bond acceptors (Lipinski definition) is 5. The average molecular weight is 291 g/mol. The molecule has 0 heterocycles. The summed E-state index contributed by atoms with van der Waals surface area (Å²) in [4.78, 5) is -0.987. The van der Waals surface area contributed by atoms with Gasteiger partial charge in [0.1, 0.15) is 10.6 Å². The summed E-state index contributed by atoms with van der Waals surface area (Å²) in [5.41, 5.74) is 0. The van der Waals surface area contributed by atoms with Crippen LogP contribution < -0.4 is 0 Å². The quantitative estimate of drug-likeness (QED) is 0.828. The molecule has 1 aromatic carbocycles. The molecule has 0 bridgehead atoms. The second kappa shape index (κ2) is 3.82. The van der Waals surface area contributed by atoms with Crippen molar-refractivity contribution in [3.05, 3.63) is 18.2 Å². The van der Waals surface area contributed by atoms with Crippen molar-refractivity contribution in [3.8, 4) is 5.75 Å². The van der Waals surface area contributed by atoms with E-state index in [0.717, 1.165) is 12.1 Å². The van der Waals surface area contributed by atoms with Crippen LogP contribution in [0, 0.1) is 0 Å². The maximum Gasteiger partial charge on any atom is 0.264 e. The molecule has 0 aliphatic heterocycles. The Labute approximate surface area is 95.1 Å². The van der Waals surface area contributed by atoms with Gasteiger partial charge < -0.3 is 5.11 Å². The summed E-state index contributed by atoms with van der Waals surface area (Å²) in [5, 5.41) is 9.20. The second-order valence-electron chi connectivity index (χ2n) is 2.51. The maximum absolute atomic E-state index is 10.8. The number of benzene rings is 1. The van der Waals surface area contributed by atoms with Crippen LogP contribution in [-0.2, 0) is 18.1 Å². The summed E-state index contributed by atoms with van der Waals surface area (Å²) in [6, 6.07) is 2.49. The van der Waals surface area contributed by atoms with E-state index in [1.54, 1.807) is 0 Å². The minimum Gasteiger partial charge on any atom is -0.506 e. The number of halogens is 2. The Bertz CT molecular complexity index is 590. The fourth-order valence-corrected chi connectivity index (χ4v) is 2.56. The van der Waals surface area contributed by atoms with Gasteiger partial charge in [0.25, 0.3) is 18.1 Å². The Morgan fingerprint density at radius 2 is 1.53 bits per heavy atom. The molecule has 0 atom stereocenters. The van der Waals surface area contributed by atoms with E-state index >= 15 is 0 Å². The summed E-state index contributed by atoms with van der Waals surface area (Å²) < 4.78 is 43.3. The van der Waals surface area contributed by atoms with Gasteiger partial charge in [-0.3, -0.25) is 0 Å². The van der Waals surface area contributed by atoms with Gasteiger partial charge in [-0.05, 0) is 12.1 Å². The van der Waals surface area contributed by atoms with Crippen LogP contribution in [-0.4, -0.2) is 21.9 Å². The number of rotatable bonds is 2. The molecule has 1 rings (SSSR count). The van der Waals surface area contributed by atoms with Crippen molar-refractivity contribution in [2.24, 2.45) is 0 Å². The van der Waals surface area contributed by atoms with Gasteiger partial charge in [-0.2, -0.15) is 0 Å². The van der Waals surface area contributed by atoms with Crippen LogP contribution in [0.3, 0.4) is 0 Å². The Morgan fingerprint density at radius 3 is 1.87 bits per heavy atom. The van der Waals surface area contributed by atoms with Crippen LogP contribution in [0.25, 0.3) is 0 Å². The van der Waals surface area contributed by atoms with Crippen molar-refractivity contribution in [2.75, 3.05) is 0 Å². The number of phenolic OH excluding ortho intramolecular Hbond substituents is 1. The molecule has 0 fully saturated rings. The topological polar surface area (TPSA) is 88.5 Å². The first-order valence-electron chi connectivity index (χ1n) is 3.35. The molecule has 0 saturated heterocycles. The molecule has 0 amide bonds. The molecular formula is C6H4Cl2O5S2. The lowest BCUT2D eigenvalue weighted by Gasteiger charge is -2.01. The van der Waals surface area contributed by atoms with Crippen molar-refractivity contribution in [2.45, 2.75) is 9.79 Å². The highest BCUT2D eigenvalue weighted by Gasteiger charge is 2.19. The van der Waals surface area contributed by atoms with E-state index in [1.165, 1.54) is 0 Å². The highest BCUT2D eigenvalue weighted by Crippen LogP contribution is 2.29. The van der Waals surface area contributed by atoms with Gasteiger partial charge in [0.05, 0.1) is 4.90 Å². The molecule has 1 N–H and O–H groups in total. The number of aromatic hydroxyl groups is 1. The van der Waals surface area contributed by atoms with Crippen molar-refractivity contribution in [1.29, 1.82) is 0 Å². The van der Waals surface area contributed by atoms with Gasteiger partial charge in [0.15, 0.2) is 0 Å². The maximum atomic E-state index is 10.8. The third kappa shape index (κ3) is 2.97. The summed E-state index contributed by atoms with van der Waals surface area (Å²) in [5.74, 6) is -0.772. The van der Waals surface area contributed by atoms with Gasteiger partial charge in [-0.1, -0.05) is 0 Å². The molecule has 0 aliphatic carbocycles. The van der Waals surface area contributed by atoms with E-state index in [4.69, 9.17) is 21.4 Å². The van der Waals surface area contributed by atoms with E-state index in [0.29, 0.717) is 6.07 Å². The molecule has 0 unspecified atom stereocenters. The first kappa shape index (κ1) is 12.6. The lowest BCUT2D eigenvalue weighted by atomic mass is 10.3. The predicted octanol–water partition coefficient (Wildman–Crippen LogP) is 1.25. The van der Waals surface area contributed by atoms with Gasteiger partial charge >= 0.3 is 0 Å². The van der Waals surface area contributed by atoms with Gasteiger partial charge in [0, 0.05) is 27.4 Å². The number of phenols is 1. The zero-order valence-corrected chi connectivity index (χ0v) is 10.0. The van der Waals surface area contributed by atoms with Gasteiger partial charge in [0.2, 0.25) is 0 Å². The van der Waals surface area contributed by atoms with Crippen LogP contribution >= 0.6 is 21.4 Å². The smallest absolute Gasteiger partial charge is 0.264 e. The Kier molecular flexibility index (Phi) is 3.20. The van der Waals surface area contributed by atoms with Crippen LogP contribution in [0.2, 0.25) is 0 Å². The lowest BCUT2D eigenvalue weighted by molar-refractivity contribution is 0.457. The molecule has 0 radical (unpaired) electrons. The fraction of sp³-hybridized carbons (Fsp3) is 0. The number of hydrogen-bond donors (Lipinski definition) is 1. The molecule has 0 spiro atoms. The minimum atomic E-state index is -4.11. The summed E-state index contributed by atoms with van der Waals surface area (Å²) in [6.45, 7) is 0.